The molecular formula is C14H8BrCl2FO. The molecule has 0 aliphatic rings. The lowest BCUT2D eigenvalue weighted by molar-refractivity contribution is 0.0989. The van der Waals surface area contributed by atoms with Crippen LogP contribution in [0.25, 0.3) is 0 Å². The third-order valence-electron chi connectivity index (χ3n) is 2.59. The Kier molecular flexibility index (Phi) is 4.61. The van der Waals surface area contributed by atoms with E-state index >= 15 is 0 Å². The second kappa shape index (κ2) is 6.04. The number of hydrogen-bond acceptors (Lipinski definition) is 1. The highest BCUT2D eigenvalue weighted by molar-refractivity contribution is 9.10. The smallest absolute Gasteiger partial charge is 0.170 e. The summed E-state index contributed by atoms with van der Waals surface area (Å²) in [6.07, 6.45) is 0.0788. The quantitative estimate of drug-likeness (QED) is 0.534. The minimum absolute atomic E-state index is 0.0202. The van der Waals surface area contributed by atoms with Gasteiger partial charge in [0.1, 0.15) is 0 Å². The Balaban J connectivity index is 2.28. The lowest BCUT2D eigenvalue weighted by atomic mass is 10.0. The van der Waals surface area contributed by atoms with E-state index in [2.05, 4.69) is 15.9 Å². The Morgan fingerprint density at radius 2 is 1.95 bits per heavy atom. The van der Waals surface area contributed by atoms with E-state index < -0.39 is 5.82 Å². The molecule has 0 aliphatic carbocycles. The van der Waals surface area contributed by atoms with Crippen molar-refractivity contribution in [2.75, 3.05) is 0 Å². The topological polar surface area (TPSA) is 17.1 Å². The van der Waals surface area contributed by atoms with Crippen molar-refractivity contribution in [1.82, 2.24) is 0 Å². The summed E-state index contributed by atoms with van der Waals surface area (Å²) in [5.41, 5.74) is 0.712. The summed E-state index contributed by atoms with van der Waals surface area (Å²) in [6.45, 7) is 0. The minimum atomic E-state index is -0.705. The molecule has 5 heteroatoms. The molecule has 0 spiro atoms. The van der Waals surface area contributed by atoms with Crippen LogP contribution in [0.15, 0.2) is 40.9 Å². The lowest BCUT2D eigenvalue weighted by Gasteiger charge is -2.06. The predicted octanol–water partition coefficient (Wildman–Crippen LogP) is 5.32. The maximum Gasteiger partial charge on any atom is 0.170 e. The van der Waals surface area contributed by atoms with E-state index in [0.29, 0.717) is 9.50 Å². The van der Waals surface area contributed by atoms with Crippen LogP contribution < -0.4 is 0 Å². The molecule has 98 valence electrons. The zero-order chi connectivity index (χ0) is 14.0. The molecular weight excluding hydrogens is 354 g/mol. The third-order valence-corrected chi connectivity index (χ3v) is 4.08. The van der Waals surface area contributed by atoms with Gasteiger partial charge in [-0.05, 0) is 45.8 Å². The molecule has 0 atom stereocenters. The Morgan fingerprint density at radius 3 is 2.63 bits per heavy atom. The van der Waals surface area contributed by atoms with Gasteiger partial charge < -0.3 is 0 Å². The molecule has 2 aromatic carbocycles. The second-order valence-corrected chi connectivity index (χ2v) is 5.62. The molecule has 0 bridgehead atoms. The fraction of sp³-hybridized carbons (Fsp3) is 0.0714. The number of Topliss-reactive ketones (excluding diaryl/α,β-unsaturated/α-hetero) is 1. The highest BCUT2D eigenvalue weighted by Crippen LogP contribution is 2.28. The van der Waals surface area contributed by atoms with Gasteiger partial charge in [-0.25, -0.2) is 4.39 Å². The van der Waals surface area contributed by atoms with Crippen molar-refractivity contribution >= 4 is 44.9 Å². The fourth-order valence-electron chi connectivity index (χ4n) is 1.67. The van der Waals surface area contributed by atoms with Crippen molar-refractivity contribution in [2.45, 2.75) is 6.42 Å². The average Bonchev–Trinajstić information content (AvgIpc) is 2.36. The Labute approximate surface area is 128 Å². The summed E-state index contributed by atoms with van der Waals surface area (Å²) < 4.78 is 14.3. The van der Waals surface area contributed by atoms with Gasteiger partial charge in [-0.1, -0.05) is 35.3 Å². The fourth-order valence-corrected chi connectivity index (χ4v) is 2.35. The van der Waals surface area contributed by atoms with Crippen LogP contribution in [-0.2, 0) is 6.42 Å². The van der Waals surface area contributed by atoms with Gasteiger partial charge in [0.05, 0.1) is 10.6 Å². The summed E-state index contributed by atoms with van der Waals surface area (Å²) in [6, 6.07) is 9.87. The maximum absolute atomic E-state index is 13.9. The normalized spacial score (nSPS) is 10.5. The number of rotatable bonds is 3. The summed E-state index contributed by atoms with van der Waals surface area (Å²) in [7, 11) is 0. The molecule has 0 saturated heterocycles. The molecule has 2 rings (SSSR count). The molecule has 0 aromatic heterocycles. The Bertz CT molecular complexity index is 643. The Morgan fingerprint density at radius 1 is 1.21 bits per heavy atom. The SMILES string of the molecule is O=C(Cc1cccc(Cl)c1)c1ccc(Br)c(Cl)c1F. The van der Waals surface area contributed by atoms with Gasteiger partial charge in [0.15, 0.2) is 11.6 Å². The first-order valence-corrected chi connectivity index (χ1v) is 6.95. The van der Waals surface area contributed by atoms with Crippen molar-refractivity contribution in [2.24, 2.45) is 0 Å². The molecule has 0 radical (unpaired) electrons. The van der Waals surface area contributed by atoms with E-state index in [-0.39, 0.29) is 22.8 Å². The van der Waals surface area contributed by atoms with E-state index in [9.17, 15) is 9.18 Å². The van der Waals surface area contributed by atoms with Crippen molar-refractivity contribution in [3.8, 4) is 0 Å². The Hall–Kier alpha value is -0.900. The highest BCUT2D eigenvalue weighted by Gasteiger charge is 2.16. The summed E-state index contributed by atoms with van der Waals surface area (Å²) in [5, 5.41) is 0.455. The molecule has 0 heterocycles. The average molecular weight is 362 g/mol. The van der Waals surface area contributed by atoms with E-state index in [4.69, 9.17) is 23.2 Å². The van der Waals surface area contributed by atoms with Crippen molar-refractivity contribution in [3.63, 3.8) is 0 Å². The van der Waals surface area contributed by atoms with Crippen molar-refractivity contribution in [3.05, 3.63) is 67.9 Å². The number of benzene rings is 2. The summed E-state index contributed by atoms with van der Waals surface area (Å²) >= 11 is 14.7. The van der Waals surface area contributed by atoms with Crippen LogP contribution in [0.2, 0.25) is 10.0 Å². The molecule has 0 N–H and O–H groups in total. The monoisotopic (exact) mass is 360 g/mol. The van der Waals surface area contributed by atoms with Gasteiger partial charge in [-0.3, -0.25) is 4.79 Å². The van der Waals surface area contributed by atoms with E-state index in [0.717, 1.165) is 5.56 Å². The van der Waals surface area contributed by atoms with E-state index in [1.807, 2.05) is 0 Å². The largest absolute Gasteiger partial charge is 0.294 e. The van der Waals surface area contributed by atoms with E-state index in [1.165, 1.54) is 6.07 Å². The predicted molar refractivity (Wildman–Crippen MR) is 78.6 cm³/mol. The molecule has 19 heavy (non-hydrogen) atoms. The first kappa shape index (κ1) is 14.5. The van der Waals surface area contributed by atoms with Crippen molar-refractivity contribution in [1.29, 1.82) is 0 Å². The summed E-state index contributed by atoms with van der Waals surface area (Å²) in [4.78, 5) is 12.1. The van der Waals surface area contributed by atoms with E-state index in [1.54, 1.807) is 30.3 Å². The molecule has 0 amide bonds. The maximum atomic E-state index is 13.9. The molecule has 0 unspecified atom stereocenters. The van der Waals surface area contributed by atoms with Gasteiger partial charge >= 0.3 is 0 Å². The zero-order valence-electron chi connectivity index (χ0n) is 9.59. The van der Waals surface area contributed by atoms with Gasteiger partial charge in [-0.2, -0.15) is 0 Å². The number of hydrogen-bond donors (Lipinski definition) is 0. The van der Waals surface area contributed by atoms with Crippen LogP contribution in [0, 0.1) is 5.82 Å². The van der Waals surface area contributed by atoms with Gasteiger partial charge in [-0.15, -0.1) is 0 Å². The van der Waals surface area contributed by atoms with Crippen LogP contribution in [0.4, 0.5) is 4.39 Å². The third kappa shape index (κ3) is 3.35. The van der Waals surface area contributed by atoms with Crippen LogP contribution >= 0.6 is 39.1 Å². The van der Waals surface area contributed by atoms with Crippen LogP contribution in [0.1, 0.15) is 15.9 Å². The van der Waals surface area contributed by atoms with Crippen LogP contribution in [0.5, 0.6) is 0 Å². The highest BCUT2D eigenvalue weighted by atomic mass is 79.9. The van der Waals surface area contributed by atoms with Gasteiger partial charge in [0.2, 0.25) is 0 Å². The first-order chi connectivity index (χ1) is 8.99. The number of carbonyl (C=O) groups is 1. The number of ketones is 1. The zero-order valence-corrected chi connectivity index (χ0v) is 12.7. The molecule has 0 aliphatic heterocycles. The van der Waals surface area contributed by atoms with Crippen LogP contribution in [-0.4, -0.2) is 5.78 Å². The molecule has 1 nitrogen and oxygen atoms in total. The molecule has 2 aromatic rings. The standard InChI is InChI=1S/C14H8BrCl2FO/c15-11-5-4-10(14(18)13(11)17)12(19)7-8-2-1-3-9(16)6-8/h1-6H,7H2. The van der Waals surface area contributed by atoms with Crippen molar-refractivity contribution < 1.29 is 9.18 Å². The number of carbonyl (C=O) groups excluding carboxylic acids is 1. The lowest BCUT2D eigenvalue weighted by Crippen LogP contribution is -2.06. The number of halogens is 4. The van der Waals surface area contributed by atoms with Gasteiger partial charge in [0, 0.05) is 15.9 Å². The minimum Gasteiger partial charge on any atom is -0.294 e. The second-order valence-electron chi connectivity index (χ2n) is 3.95. The molecule has 0 fully saturated rings. The van der Waals surface area contributed by atoms with Crippen LogP contribution in [0.3, 0.4) is 0 Å². The van der Waals surface area contributed by atoms with Gasteiger partial charge in [0.25, 0.3) is 0 Å². The molecule has 0 saturated carbocycles. The first-order valence-electron chi connectivity index (χ1n) is 5.40. The summed E-state index contributed by atoms with van der Waals surface area (Å²) in [5.74, 6) is -1.04.